The van der Waals surface area contributed by atoms with E-state index < -0.39 is 0 Å². The van der Waals surface area contributed by atoms with Crippen LogP contribution in [0.2, 0.25) is 0 Å². The molecule has 0 aliphatic carbocycles. The number of hydrogen-bond donors (Lipinski definition) is 1. The largest absolute Gasteiger partial charge is 0.385 e. The fourth-order valence-electron chi connectivity index (χ4n) is 2.55. The first-order valence-corrected chi connectivity index (χ1v) is 6.35. The molecular weight excluding hydrogens is 212 g/mol. The smallest absolute Gasteiger partial charge is 0.0474 e. The van der Waals surface area contributed by atoms with Crippen LogP contribution in [0.15, 0.2) is 24.3 Å². The highest BCUT2D eigenvalue weighted by Crippen LogP contribution is 2.22. The molecule has 0 aromatic heterocycles. The molecule has 94 valence electrons. The minimum Gasteiger partial charge on any atom is -0.385 e. The van der Waals surface area contributed by atoms with Gasteiger partial charge in [-0.15, -0.1) is 0 Å². The summed E-state index contributed by atoms with van der Waals surface area (Å²) in [4.78, 5) is 2.49. The Morgan fingerprint density at radius 3 is 2.82 bits per heavy atom. The van der Waals surface area contributed by atoms with E-state index in [0.29, 0.717) is 6.04 Å². The van der Waals surface area contributed by atoms with Crippen molar-refractivity contribution < 1.29 is 4.74 Å². The van der Waals surface area contributed by atoms with E-state index >= 15 is 0 Å². The van der Waals surface area contributed by atoms with Crippen molar-refractivity contribution in [2.24, 2.45) is 5.73 Å². The highest BCUT2D eigenvalue weighted by Gasteiger charge is 2.23. The molecule has 0 saturated carbocycles. The first-order chi connectivity index (χ1) is 8.35. The molecular formula is C14H22N2O. The van der Waals surface area contributed by atoms with E-state index in [0.717, 1.165) is 39.1 Å². The fourth-order valence-corrected chi connectivity index (χ4v) is 2.55. The van der Waals surface area contributed by atoms with Crippen LogP contribution in [0.3, 0.4) is 0 Å². The molecule has 17 heavy (non-hydrogen) atoms. The van der Waals surface area contributed by atoms with Crippen LogP contribution >= 0.6 is 0 Å². The highest BCUT2D eigenvalue weighted by molar-refractivity contribution is 5.30. The second-order valence-electron chi connectivity index (χ2n) is 4.68. The lowest BCUT2D eigenvalue weighted by molar-refractivity contribution is 0.138. The lowest BCUT2D eigenvalue weighted by Gasteiger charge is -2.36. The normalized spacial score (nSPS) is 20.2. The Morgan fingerprint density at radius 1 is 1.35 bits per heavy atom. The molecule has 1 aliphatic rings. The third kappa shape index (κ3) is 3.06. The Hall–Kier alpha value is -0.900. The number of nitrogens with two attached hydrogens (primary N) is 1. The van der Waals surface area contributed by atoms with Crippen LogP contribution in [-0.2, 0) is 17.7 Å². The zero-order chi connectivity index (χ0) is 12.1. The summed E-state index contributed by atoms with van der Waals surface area (Å²) in [7, 11) is 1.76. The molecule has 1 unspecified atom stereocenters. The Balaban J connectivity index is 2.02. The van der Waals surface area contributed by atoms with Crippen LogP contribution in [0, 0.1) is 0 Å². The molecule has 1 aromatic carbocycles. The van der Waals surface area contributed by atoms with Gasteiger partial charge in [0, 0.05) is 39.4 Å². The molecule has 2 N–H and O–H groups in total. The number of nitrogens with zero attached hydrogens (tertiary/aromatic N) is 1. The van der Waals surface area contributed by atoms with Crippen LogP contribution in [0.1, 0.15) is 17.5 Å². The molecule has 3 nitrogen and oxygen atoms in total. The maximum atomic E-state index is 5.88. The topological polar surface area (TPSA) is 38.5 Å². The Kier molecular flexibility index (Phi) is 4.54. The van der Waals surface area contributed by atoms with Crippen molar-refractivity contribution >= 4 is 0 Å². The number of fused-ring (bicyclic) bond motifs is 1. The number of methoxy groups -OCH3 is 1. The standard InChI is InChI=1S/C14H22N2O/c1-17-8-4-7-16-11-13-6-3-2-5-12(13)9-14(16)10-15/h2-3,5-6,14H,4,7-11,15H2,1H3. The summed E-state index contributed by atoms with van der Waals surface area (Å²) in [6, 6.07) is 9.18. The van der Waals surface area contributed by atoms with Crippen molar-refractivity contribution in [3.8, 4) is 0 Å². The van der Waals surface area contributed by atoms with Gasteiger partial charge in [0.1, 0.15) is 0 Å². The summed E-state index contributed by atoms with van der Waals surface area (Å²) in [5, 5.41) is 0. The average Bonchev–Trinajstić information content (AvgIpc) is 2.38. The predicted octanol–water partition coefficient (Wildman–Crippen LogP) is 1.41. The first-order valence-electron chi connectivity index (χ1n) is 6.35. The number of rotatable bonds is 5. The van der Waals surface area contributed by atoms with Crippen LogP contribution in [0.4, 0.5) is 0 Å². The highest BCUT2D eigenvalue weighted by atomic mass is 16.5. The maximum Gasteiger partial charge on any atom is 0.0474 e. The van der Waals surface area contributed by atoms with Gasteiger partial charge in [0.2, 0.25) is 0 Å². The molecule has 1 heterocycles. The van der Waals surface area contributed by atoms with E-state index in [9.17, 15) is 0 Å². The SMILES string of the molecule is COCCCN1Cc2ccccc2CC1CN. The van der Waals surface area contributed by atoms with E-state index in [1.165, 1.54) is 11.1 Å². The third-order valence-electron chi connectivity index (χ3n) is 3.53. The molecule has 0 saturated heterocycles. The van der Waals surface area contributed by atoms with Crippen LogP contribution < -0.4 is 5.73 Å². The van der Waals surface area contributed by atoms with Gasteiger partial charge >= 0.3 is 0 Å². The van der Waals surface area contributed by atoms with Crippen LogP contribution in [0.5, 0.6) is 0 Å². The summed E-state index contributed by atoms with van der Waals surface area (Å²) in [6.07, 6.45) is 2.16. The minimum atomic E-state index is 0.488. The number of hydrogen-bond acceptors (Lipinski definition) is 3. The van der Waals surface area contributed by atoms with Gasteiger partial charge in [0.05, 0.1) is 0 Å². The fraction of sp³-hybridized carbons (Fsp3) is 0.571. The summed E-state index contributed by atoms with van der Waals surface area (Å²) >= 11 is 0. The van der Waals surface area contributed by atoms with Gasteiger partial charge in [-0.3, -0.25) is 4.90 Å². The van der Waals surface area contributed by atoms with Crippen molar-refractivity contribution in [2.75, 3.05) is 26.8 Å². The second kappa shape index (κ2) is 6.15. The molecule has 1 atom stereocenters. The van der Waals surface area contributed by atoms with Crippen molar-refractivity contribution in [3.05, 3.63) is 35.4 Å². The van der Waals surface area contributed by atoms with Gasteiger partial charge < -0.3 is 10.5 Å². The van der Waals surface area contributed by atoms with Crippen molar-refractivity contribution in [3.63, 3.8) is 0 Å². The maximum absolute atomic E-state index is 5.88. The molecule has 0 spiro atoms. The van der Waals surface area contributed by atoms with Gasteiger partial charge in [-0.1, -0.05) is 24.3 Å². The van der Waals surface area contributed by atoms with E-state index in [-0.39, 0.29) is 0 Å². The Labute approximate surface area is 104 Å². The Bertz CT molecular complexity index is 354. The van der Waals surface area contributed by atoms with Gasteiger partial charge in [-0.2, -0.15) is 0 Å². The van der Waals surface area contributed by atoms with Crippen molar-refractivity contribution in [2.45, 2.75) is 25.4 Å². The third-order valence-corrected chi connectivity index (χ3v) is 3.53. The molecule has 0 radical (unpaired) electrons. The van der Waals surface area contributed by atoms with Crippen LogP contribution in [-0.4, -0.2) is 37.7 Å². The van der Waals surface area contributed by atoms with Gasteiger partial charge in [0.25, 0.3) is 0 Å². The molecule has 3 heteroatoms. The molecule has 0 bridgehead atoms. The number of benzene rings is 1. The molecule has 0 fully saturated rings. The summed E-state index contributed by atoms with van der Waals surface area (Å²) in [5.74, 6) is 0. The summed E-state index contributed by atoms with van der Waals surface area (Å²) in [6.45, 7) is 3.67. The van der Waals surface area contributed by atoms with Gasteiger partial charge in [-0.25, -0.2) is 0 Å². The quantitative estimate of drug-likeness (QED) is 0.783. The van der Waals surface area contributed by atoms with E-state index in [4.69, 9.17) is 10.5 Å². The monoisotopic (exact) mass is 234 g/mol. The minimum absolute atomic E-state index is 0.488. The van der Waals surface area contributed by atoms with E-state index in [1.807, 2.05) is 0 Å². The zero-order valence-corrected chi connectivity index (χ0v) is 10.6. The molecule has 0 amide bonds. The van der Waals surface area contributed by atoms with Crippen molar-refractivity contribution in [1.82, 2.24) is 4.90 Å². The van der Waals surface area contributed by atoms with Crippen molar-refractivity contribution in [1.29, 1.82) is 0 Å². The first kappa shape index (κ1) is 12.6. The van der Waals surface area contributed by atoms with E-state index in [2.05, 4.69) is 29.2 Å². The second-order valence-corrected chi connectivity index (χ2v) is 4.68. The lowest BCUT2D eigenvalue weighted by atomic mass is 9.94. The summed E-state index contributed by atoms with van der Waals surface area (Å²) < 4.78 is 5.11. The predicted molar refractivity (Wildman–Crippen MR) is 69.9 cm³/mol. The summed E-state index contributed by atoms with van der Waals surface area (Å²) in [5.41, 5.74) is 8.80. The Morgan fingerprint density at radius 2 is 2.12 bits per heavy atom. The molecule has 2 rings (SSSR count). The lowest BCUT2D eigenvalue weighted by Crippen LogP contribution is -2.45. The zero-order valence-electron chi connectivity index (χ0n) is 10.6. The average molecular weight is 234 g/mol. The molecule has 1 aliphatic heterocycles. The number of ether oxygens (including phenoxy) is 1. The van der Waals surface area contributed by atoms with Crippen LogP contribution in [0.25, 0.3) is 0 Å². The van der Waals surface area contributed by atoms with Gasteiger partial charge in [0.15, 0.2) is 0 Å². The van der Waals surface area contributed by atoms with E-state index in [1.54, 1.807) is 7.11 Å². The molecule has 1 aromatic rings. The van der Waals surface area contributed by atoms with Gasteiger partial charge in [-0.05, 0) is 24.0 Å².